The number of alkyl halides is 3. The molecular weight excluding hydrogens is 186 g/mol. The second-order valence-electron chi connectivity index (χ2n) is 2.13. The fraction of sp³-hybridized carbons (Fsp3) is 1.00. The van der Waals surface area contributed by atoms with Crippen LogP contribution in [0.3, 0.4) is 0 Å². The molecule has 0 amide bonds. The molecule has 0 aromatic heterocycles. The first kappa shape index (κ1) is 14.1. The molecule has 3 heteroatoms. The van der Waals surface area contributed by atoms with Gasteiger partial charge in [0.05, 0.1) is 6.67 Å². The van der Waals surface area contributed by atoms with Crippen LogP contribution in [0.4, 0.5) is 4.39 Å². The molecule has 0 bridgehead atoms. The molecule has 0 aromatic carbocycles. The highest BCUT2D eigenvalue weighted by atomic mass is 35.5. The Morgan fingerprint density at radius 2 is 1.55 bits per heavy atom. The maximum absolute atomic E-state index is 11.1. The fourth-order valence-corrected chi connectivity index (χ4v) is 0.779. The van der Waals surface area contributed by atoms with E-state index in [1.54, 1.807) is 0 Å². The van der Waals surface area contributed by atoms with Crippen LogP contribution < -0.4 is 0 Å². The topological polar surface area (TPSA) is 0 Å². The summed E-state index contributed by atoms with van der Waals surface area (Å²) >= 11 is 10.5. The fourth-order valence-electron chi connectivity index (χ4n) is 0.323. The number of hydrogen-bond donors (Lipinski definition) is 0. The van der Waals surface area contributed by atoms with Gasteiger partial charge < -0.3 is 0 Å². The molecule has 0 rings (SSSR count). The van der Waals surface area contributed by atoms with Crippen LogP contribution >= 0.6 is 23.2 Å². The Kier molecular flexibility index (Phi) is 21.5. The first-order valence-electron chi connectivity index (χ1n) is 4.01. The third-order valence-corrected chi connectivity index (χ3v) is 1.54. The quantitative estimate of drug-likeness (QED) is 0.468. The third kappa shape index (κ3) is 25.1. The molecule has 0 saturated heterocycles. The Bertz CT molecular complexity index is 45.4. The van der Waals surface area contributed by atoms with E-state index in [1.807, 2.05) is 0 Å². The summed E-state index contributed by atoms with van der Waals surface area (Å²) in [5.41, 5.74) is 0. The van der Waals surface area contributed by atoms with Crippen LogP contribution in [0.25, 0.3) is 0 Å². The zero-order chi connectivity index (χ0) is 8.95. The molecule has 0 aliphatic carbocycles. The van der Waals surface area contributed by atoms with Crippen LogP contribution in [0.2, 0.25) is 0 Å². The van der Waals surface area contributed by atoms with Crippen molar-refractivity contribution in [1.29, 1.82) is 0 Å². The van der Waals surface area contributed by atoms with E-state index >= 15 is 0 Å². The summed E-state index contributed by atoms with van der Waals surface area (Å²) in [6.07, 6.45) is 3.78. The highest BCUT2D eigenvalue weighted by Crippen LogP contribution is 1.90. The van der Waals surface area contributed by atoms with E-state index in [1.165, 1.54) is 6.42 Å². The average Bonchev–Trinajstić information content (AvgIpc) is 2.04. The predicted molar refractivity (Wildman–Crippen MR) is 51.6 cm³/mol. The van der Waals surface area contributed by atoms with Gasteiger partial charge in [-0.3, -0.25) is 4.39 Å². The monoisotopic (exact) mass is 202 g/mol. The van der Waals surface area contributed by atoms with Crippen LogP contribution in [0, 0.1) is 0 Å². The maximum Gasteiger partial charge on any atom is 0.0894 e. The SMILES string of the molecule is CCCCCl.FCCCCCl. The van der Waals surface area contributed by atoms with Crippen LogP contribution in [-0.4, -0.2) is 18.4 Å². The Morgan fingerprint density at radius 3 is 1.64 bits per heavy atom. The molecule has 0 spiro atoms. The highest BCUT2D eigenvalue weighted by molar-refractivity contribution is 6.18. The number of unbranched alkanes of at least 4 members (excludes halogenated alkanes) is 2. The van der Waals surface area contributed by atoms with Crippen LogP contribution in [0.1, 0.15) is 32.6 Å². The van der Waals surface area contributed by atoms with Gasteiger partial charge in [-0.15, -0.1) is 23.2 Å². The van der Waals surface area contributed by atoms with E-state index in [0.717, 1.165) is 18.7 Å². The first-order valence-corrected chi connectivity index (χ1v) is 5.08. The summed E-state index contributed by atoms with van der Waals surface area (Å²) < 4.78 is 11.1. The summed E-state index contributed by atoms with van der Waals surface area (Å²) in [6, 6.07) is 0. The molecule has 70 valence electrons. The summed E-state index contributed by atoms with van der Waals surface area (Å²) in [7, 11) is 0. The van der Waals surface area contributed by atoms with Gasteiger partial charge in [0.2, 0.25) is 0 Å². The summed E-state index contributed by atoms with van der Waals surface area (Å²) in [5.74, 6) is 1.40. The van der Waals surface area contributed by atoms with Crippen molar-refractivity contribution in [1.82, 2.24) is 0 Å². The van der Waals surface area contributed by atoms with Gasteiger partial charge in [0.1, 0.15) is 0 Å². The van der Waals surface area contributed by atoms with Crippen LogP contribution in [0.5, 0.6) is 0 Å². The smallest absolute Gasteiger partial charge is 0.0894 e. The van der Waals surface area contributed by atoms with Crippen molar-refractivity contribution >= 4 is 23.2 Å². The molecule has 0 fully saturated rings. The predicted octanol–water partition coefficient (Wildman–Crippen LogP) is 4.00. The molecular formula is C8H17Cl2F. The normalized spacial score (nSPS) is 8.73. The Balaban J connectivity index is 0. The number of hydrogen-bond acceptors (Lipinski definition) is 0. The minimum atomic E-state index is -0.229. The Labute approximate surface area is 79.1 Å². The van der Waals surface area contributed by atoms with Crippen molar-refractivity contribution in [3.63, 3.8) is 0 Å². The molecule has 0 unspecified atom stereocenters. The number of halogens is 3. The van der Waals surface area contributed by atoms with Crippen molar-refractivity contribution < 1.29 is 4.39 Å². The second-order valence-corrected chi connectivity index (χ2v) is 2.88. The zero-order valence-electron chi connectivity index (χ0n) is 7.08. The lowest BCUT2D eigenvalue weighted by atomic mass is 10.4. The largest absolute Gasteiger partial charge is 0.251 e. The lowest BCUT2D eigenvalue weighted by molar-refractivity contribution is 0.470. The standard InChI is InChI=1S/C4H8ClF.C4H9Cl/c5-3-1-2-4-6;1-2-3-4-5/h1-4H2;2-4H2,1H3. The van der Waals surface area contributed by atoms with Gasteiger partial charge in [-0.1, -0.05) is 13.3 Å². The summed E-state index contributed by atoms with van der Waals surface area (Å²) in [6.45, 7) is 1.90. The van der Waals surface area contributed by atoms with Gasteiger partial charge >= 0.3 is 0 Å². The van der Waals surface area contributed by atoms with E-state index in [-0.39, 0.29) is 6.67 Å². The molecule has 0 aliphatic rings. The van der Waals surface area contributed by atoms with E-state index in [2.05, 4.69) is 6.92 Å². The molecule has 0 N–H and O–H groups in total. The lowest BCUT2D eigenvalue weighted by Crippen LogP contribution is -1.75. The van der Waals surface area contributed by atoms with Crippen molar-refractivity contribution in [2.45, 2.75) is 32.6 Å². The van der Waals surface area contributed by atoms with Gasteiger partial charge in [-0.05, 0) is 19.3 Å². The van der Waals surface area contributed by atoms with Gasteiger partial charge in [0, 0.05) is 11.8 Å². The molecule has 0 aliphatic heterocycles. The molecule has 0 aromatic rings. The second kappa shape index (κ2) is 16.9. The average molecular weight is 203 g/mol. The van der Waals surface area contributed by atoms with E-state index < -0.39 is 0 Å². The van der Waals surface area contributed by atoms with Crippen LogP contribution in [-0.2, 0) is 0 Å². The van der Waals surface area contributed by atoms with E-state index in [4.69, 9.17) is 23.2 Å². The molecule has 0 saturated carbocycles. The molecule has 0 radical (unpaired) electrons. The number of rotatable bonds is 5. The maximum atomic E-state index is 11.1. The van der Waals surface area contributed by atoms with Crippen LogP contribution in [0.15, 0.2) is 0 Å². The zero-order valence-corrected chi connectivity index (χ0v) is 8.60. The summed E-state index contributed by atoms with van der Waals surface area (Å²) in [4.78, 5) is 0. The van der Waals surface area contributed by atoms with Crippen molar-refractivity contribution in [3.8, 4) is 0 Å². The molecule has 0 atom stereocenters. The highest BCUT2D eigenvalue weighted by Gasteiger charge is 1.79. The van der Waals surface area contributed by atoms with Crippen molar-refractivity contribution in [2.75, 3.05) is 18.4 Å². The first-order chi connectivity index (χ1) is 5.33. The Hall–Kier alpha value is 0.510. The summed E-state index contributed by atoms with van der Waals surface area (Å²) in [5, 5.41) is 0. The van der Waals surface area contributed by atoms with Crippen molar-refractivity contribution in [2.24, 2.45) is 0 Å². The third-order valence-electron chi connectivity index (χ3n) is 1.00. The minimum absolute atomic E-state index is 0.229. The van der Waals surface area contributed by atoms with Gasteiger partial charge in [0.25, 0.3) is 0 Å². The molecule has 0 nitrogen and oxygen atoms in total. The lowest BCUT2D eigenvalue weighted by Gasteiger charge is -1.82. The van der Waals surface area contributed by atoms with Crippen molar-refractivity contribution in [3.05, 3.63) is 0 Å². The Morgan fingerprint density at radius 1 is 1.00 bits per heavy atom. The van der Waals surface area contributed by atoms with Gasteiger partial charge in [-0.25, -0.2) is 0 Å². The van der Waals surface area contributed by atoms with E-state index in [0.29, 0.717) is 12.3 Å². The van der Waals surface area contributed by atoms with Gasteiger partial charge in [0.15, 0.2) is 0 Å². The van der Waals surface area contributed by atoms with E-state index in [9.17, 15) is 4.39 Å². The molecule has 11 heavy (non-hydrogen) atoms. The van der Waals surface area contributed by atoms with Gasteiger partial charge in [-0.2, -0.15) is 0 Å². The minimum Gasteiger partial charge on any atom is -0.251 e. The molecule has 0 heterocycles.